The summed E-state index contributed by atoms with van der Waals surface area (Å²) in [5.41, 5.74) is 0.954. The van der Waals surface area contributed by atoms with Gasteiger partial charge in [0, 0.05) is 17.1 Å². The van der Waals surface area contributed by atoms with Crippen molar-refractivity contribution < 1.29 is 9.90 Å². The molecule has 1 aromatic carbocycles. The molecule has 1 aromatic rings. The molecule has 2 rings (SSSR count). The van der Waals surface area contributed by atoms with E-state index < -0.39 is 6.10 Å². The highest BCUT2D eigenvalue weighted by Gasteiger charge is 2.29. The first kappa shape index (κ1) is 13.3. The number of benzene rings is 1. The normalized spacial score (nSPS) is 16.8. The Bertz CT molecular complexity index is 455. The molecule has 1 amide bonds. The van der Waals surface area contributed by atoms with Crippen molar-refractivity contribution in [2.75, 3.05) is 6.54 Å². The highest BCUT2D eigenvalue weighted by molar-refractivity contribution is 9.10. The Labute approximate surface area is 115 Å². The third kappa shape index (κ3) is 3.96. The van der Waals surface area contributed by atoms with Gasteiger partial charge in [0.05, 0.1) is 6.10 Å². The largest absolute Gasteiger partial charge is 0.391 e. The highest BCUT2D eigenvalue weighted by atomic mass is 79.9. The van der Waals surface area contributed by atoms with Crippen molar-refractivity contribution in [2.24, 2.45) is 5.92 Å². The van der Waals surface area contributed by atoms with Gasteiger partial charge in [0.15, 0.2) is 0 Å². The third-order valence-corrected chi connectivity index (χ3v) is 3.69. The van der Waals surface area contributed by atoms with E-state index >= 15 is 0 Å². The predicted molar refractivity (Wildman–Crippen MR) is 74.9 cm³/mol. The standard InChI is InChI=1S/C14H16BrNO2/c15-12-4-2-1-3-10(12)7-8-14(18)16-9-13(17)11-5-6-11/h1-4,7-8,11,13,17H,5-6,9H2,(H,16,18). The van der Waals surface area contributed by atoms with E-state index in [0.29, 0.717) is 12.5 Å². The molecule has 0 aliphatic heterocycles. The molecule has 0 aromatic heterocycles. The summed E-state index contributed by atoms with van der Waals surface area (Å²) in [6, 6.07) is 7.69. The smallest absolute Gasteiger partial charge is 0.244 e. The van der Waals surface area contributed by atoms with Gasteiger partial charge in [-0.1, -0.05) is 34.1 Å². The van der Waals surface area contributed by atoms with Gasteiger partial charge in [0.25, 0.3) is 0 Å². The number of rotatable bonds is 5. The molecule has 0 radical (unpaired) electrons. The minimum atomic E-state index is -0.397. The topological polar surface area (TPSA) is 49.3 Å². The van der Waals surface area contributed by atoms with Crippen LogP contribution >= 0.6 is 15.9 Å². The lowest BCUT2D eigenvalue weighted by atomic mass is 10.2. The molecule has 3 nitrogen and oxygen atoms in total. The lowest BCUT2D eigenvalue weighted by Gasteiger charge is -2.08. The highest BCUT2D eigenvalue weighted by Crippen LogP contribution is 2.32. The van der Waals surface area contributed by atoms with E-state index in [2.05, 4.69) is 21.2 Å². The Balaban J connectivity index is 1.81. The van der Waals surface area contributed by atoms with Crippen molar-refractivity contribution in [3.8, 4) is 0 Å². The summed E-state index contributed by atoms with van der Waals surface area (Å²) in [6.45, 7) is 0.337. The molecule has 4 heteroatoms. The fourth-order valence-electron chi connectivity index (χ4n) is 1.69. The number of carbonyl (C=O) groups excluding carboxylic acids is 1. The Morgan fingerprint density at radius 2 is 2.22 bits per heavy atom. The Hall–Kier alpha value is -1.13. The Kier molecular flexibility index (Phi) is 4.55. The molecule has 1 saturated carbocycles. The quantitative estimate of drug-likeness (QED) is 0.820. The number of hydrogen-bond acceptors (Lipinski definition) is 2. The van der Waals surface area contributed by atoms with Crippen LogP contribution in [0.15, 0.2) is 34.8 Å². The summed E-state index contributed by atoms with van der Waals surface area (Å²) in [5.74, 6) is 0.211. The summed E-state index contributed by atoms with van der Waals surface area (Å²) in [6.07, 6.45) is 4.99. The fourth-order valence-corrected chi connectivity index (χ4v) is 2.10. The van der Waals surface area contributed by atoms with Crippen LogP contribution in [0.4, 0.5) is 0 Å². The number of aliphatic hydroxyl groups is 1. The molecule has 1 fully saturated rings. The van der Waals surface area contributed by atoms with E-state index in [4.69, 9.17) is 0 Å². The molecule has 1 unspecified atom stereocenters. The summed E-state index contributed by atoms with van der Waals surface area (Å²) < 4.78 is 0.951. The van der Waals surface area contributed by atoms with E-state index in [9.17, 15) is 9.90 Å². The maximum Gasteiger partial charge on any atom is 0.244 e. The molecule has 1 atom stereocenters. The Morgan fingerprint density at radius 1 is 1.50 bits per heavy atom. The second kappa shape index (κ2) is 6.16. The van der Waals surface area contributed by atoms with E-state index in [1.807, 2.05) is 24.3 Å². The van der Waals surface area contributed by atoms with Crippen molar-refractivity contribution in [3.05, 3.63) is 40.4 Å². The number of nitrogens with one attached hydrogen (secondary N) is 1. The molecular formula is C14H16BrNO2. The predicted octanol–water partition coefficient (Wildman–Crippen LogP) is 2.35. The maximum absolute atomic E-state index is 11.6. The van der Waals surface area contributed by atoms with E-state index in [-0.39, 0.29) is 5.91 Å². The van der Waals surface area contributed by atoms with Crippen LogP contribution in [0.5, 0.6) is 0 Å². The van der Waals surface area contributed by atoms with E-state index in [1.54, 1.807) is 6.08 Å². The van der Waals surface area contributed by atoms with Gasteiger partial charge in [0.2, 0.25) is 5.91 Å². The first-order valence-corrected chi connectivity index (χ1v) is 6.84. The molecule has 0 saturated heterocycles. The van der Waals surface area contributed by atoms with Gasteiger partial charge in [-0.25, -0.2) is 0 Å². The number of halogens is 1. The molecule has 18 heavy (non-hydrogen) atoms. The van der Waals surface area contributed by atoms with Gasteiger partial charge < -0.3 is 10.4 Å². The molecule has 0 heterocycles. The van der Waals surface area contributed by atoms with Crippen molar-refractivity contribution >= 4 is 27.9 Å². The summed E-state index contributed by atoms with van der Waals surface area (Å²) in [7, 11) is 0. The second-order valence-corrected chi connectivity index (χ2v) is 5.36. The maximum atomic E-state index is 11.6. The van der Waals surface area contributed by atoms with Crippen LogP contribution in [0, 0.1) is 5.92 Å². The molecule has 96 valence electrons. The van der Waals surface area contributed by atoms with Crippen LogP contribution in [0.3, 0.4) is 0 Å². The summed E-state index contributed by atoms with van der Waals surface area (Å²) in [5, 5.41) is 12.3. The lowest BCUT2D eigenvalue weighted by molar-refractivity contribution is -0.116. The van der Waals surface area contributed by atoms with Crippen LogP contribution in [-0.2, 0) is 4.79 Å². The van der Waals surface area contributed by atoms with Crippen molar-refractivity contribution in [1.82, 2.24) is 5.32 Å². The zero-order chi connectivity index (χ0) is 13.0. The van der Waals surface area contributed by atoms with Crippen LogP contribution < -0.4 is 5.32 Å². The molecule has 1 aliphatic rings. The van der Waals surface area contributed by atoms with Gasteiger partial charge in [-0.2, -0.15) is 0 Å². The van der Waals surface area contributed by atoms with E-state index in [0.717, 1.165) is 22.9 Å². The molecule has 0 bridgehead atoms. The SMILES string of the molecule is O=C(C=Cc1ccccc1Br)NCC(O)C1CC1. The lowest BCUT2D eigenvalue weighted by Crippen LogP contribution is -2.31. The van der Waals surface area contributed by atoms with Crippen LogP contribution in [0.25, 0.3) is 6.08 Å². The summed E-state index contributed by atoms with van der Waals surface area (Å²) >= 11 is 3.41. The average Bonchev–Trinajstić information content (AvgIpc) is 3.19. The van der Waals surface area contributed by atoms with Crippen LogP contribution in [0.2, 0.25) is 0 Å². The van der Waals surface area contributed by atoms with Gasteiger partial charge >= 0.3 is 0 Å². The minimum Gasteiger partial charge on any atom is -0.391 e. The first-order valence-electron chi connectivity index (χ1n) is 6.05. The number of aliphatic hydroxyl groups excluding tert-OH is 1. The van der Waals surface area contributed by atoms with Crippen molar-refractivity contribution in [3.63, 3.8) is 0 Å². The van der Waals surface area contributed by atoms with Crippen molar-refractivity contribution in [1.29, 1.82) is 0 Å². The molecular weight excluding hydrogens is 294 g/mol. The Morgan fingerprint density at radius 3 is 2.89 bits per heavy atom. The fraction of sp³-hybridized carbons (Fsp3) is 0.357. The zero-order valence-corrected chi connectivity index (χ0v) is 11.6. The average molecular weight is 310 g/mol. The molecule has 0 spiro atoms. The molecule has 2 N–H and O–H groups in total. The number of hydrogen-bond donors (Lipinski definition) is 2. The minimum absolute atomic E-state index is 0.176. The van der Waals surface area contributed by atoms with Crippen LogP contribution in [-0.4, -0.2) is 23.7 Å². The van der Waals surface area contributed by atoms with Gasteiger partial charge in [-0.15, -0.1) is 0 Å². The van der Waals surface area contributed by atoms with Crippen LogP contribution in [0.1, 0.15) is 18.4 Å². The third-order valence-electron chi connectivity index (χ3n) is 2.97. The number of carbonyl (C=O) groups is 1. The zero-order valence-electron chi connectivity index (χ0n) is 9.97. The summed E-state index contributed by atoms with van der Waals surface area (Å²) in [4.78, 5) is 11.6. The monoisotopic (exact) mass is 309 g/mol. The first-order chi connectivity index (χ1) is 8.66. The number of amides is 1. The van der Waals surface area contributed by atoms with Gasteiger partial charge in [-0.3, -0.25) is 4.79 Å². The second-order valence-electron chi connectivity index (χ2n) is 4.50. The van der Waals surface area contributed by atoms with Gasteiger partial charge in [0.1, 0.15) is 0 Å². The van der Waals surface area contributed by atoms with Gasteiger partial charge in [-0.05, 0) is 36.5 Å². The molecule has 1 aliphatic carbocycles. The van der Waals surface area contributed by atoms with Crippen molar-refractivity contribution in [2.45, 2.75) is 18.9 Å². The van der Waals surface area contributed by atoms with E-state index in [1.165, 1.54) is 6.08 Å².